The van der Waals surface area contributed by atoms with E-state index in [1.807, 2.05) is 28.8 Å². The summed E-state index contributed by atoms with van der Waals surface area (Å²) in [6.07, 6.45) is 1.74. The van der Waals surface area contributed by atoms with Crippen molar-refractivity contribution in [2.75, 3.05) is 12.9 Å². The fraction of sp³-hybridized carbons (Fsp3) is 0.214. The number of ether oxygens (including phenoxy) is 1. The van der Waals surface area contributed by atoms with Gasteiger partial charge in [-0.3, -0.25) is 4.79 Å². The van der Waals surface area contributed by atoms with Crippen molar-refractivity contribution in [3.05, 3.63) is 36.9 Å². The van der Waals surface area contributed by atoms with Crippen molar-refractivity contribution in [2.24, 2.45) is 0 Å². The lowest BCUT2D eigenvalue weighted by atomic mass is 10.2. The van der Waals surface area contributed by atoms with Crippen molar-refractivity contribution in [1.29, 1.82) is 0 Å². The molecular weight excluding hydrogens is 290 g/mol. The molecule has 0 unspecified atom stereocenters. The monoisotopic (exact) mass is 306 g/mol. The Bertz CT molecular complexity index is 637. The second-order valence-electron chi connectivity index (χ2n) is 4.16. The third kappa shape index (κ3) is 3.63. The van der Waals surface area contributed by atoms with Gasteiger partial charge in [-0.25, -0.2) is 4.57 Å². The Labute approximate surface area is 126 Å². The zero-order chi connectivity index (χ0) is 15.2. The molecule has 0 amide bonds. The smallest absolute Gasteiger partial charge is 0.337 e. The van der Waals surface area contributed by atoms with E-state index in [0.29, 0.717) is 11.7 Å². The summed E-state index contributed by atoms with van der Waals surface area (Å²) in [5.74, 6) is 0.656. The number of allylic oxidation sites excluding steroid dienone is 1. The highest BCUT2D eigenvalue weighted by Crippen LogP contribution is 2.20. The van der Waals surface area contributed by atoms with Crippen LogP contribution in [-0.4, -0.2) is 34.1 Å². The number of carbonyl (C=O) groups is 1. The van der Waals surface area contributed by atoms with Gasteiger partial charge in [0, 0.05) is 0 Å². The summed E-state index contributed by atoms with van der Waals surface area (Å²) >= 11 is 1.17. The van der Waals surface area contributed by atoms with Crippen LogP contribution in [0.4, 0.5) is 0 Å². The molecule has 7 heteroatoms. The fourth-order valence-corrected chi connectivity index (χ4v) is 2.51. The molecule has 0 saturated carbocycles. The fourth-order valence-electron chi connectivity index (χ4n) is 1.82. The van der Waals surface area contributed by atoms with Gasteiger partial charge in [0.2, 0.25) is 0 Å². The van der Waals surface area contributed by atoms with Crippen molar-refractivity contribution in [3.63, 3.8) is 0 Å². The van der Waals surface area contributed by atoms with E-state index in [9.17, 15) is 4.79 Å². The number of H-pyrrole nitrogens is 1. The average Bonchev–Trinajstić information content (AvgIpc) is 2.88. The number of benzene rings is 1. The third-order valence-electron chi connectivity index (χ3n) is 2.76. The van der Waals surface area contributed by atoms with Crippen LogP contribution in [0.1, 0.15) is 0 Å². The molecule has 0 atom stereocenters. The Morgan fingerprint density at radius 2 is 2.24 bits per heavy atom. The molecule has 2 rings (SSSR count). The lowest BCUT2D eigenvalue weighted by Gasteiger charge is -2.02. The first-order valence-electron chi connectivity index (χ1n) is 6.23. The van der Waals surface area contributed by atoms with E-state index in [1.54, 1.807) is 13.2 Å². The van der Waals surface area contributed by atoms with Crippen LogP contribution in [-0.2, 0) is 11.3 Å². The first kappa shape index (κ1) is 15.1. The minimum absolute atomic E-state index is 0.0377. The van der Waals surface area contributed by atoms with E-state index >= 15 is 0 Å². The molecular formula is C14H16N3O3S+. The van der Waals surface area contributed by atoms with Gasteiger partial charge >= 0.3 is 11.1 Å². The minimum atomic E-state index is -0.876. The van der Waals surface area contributed by atoms with E-state index in [2.05, 4.69) is 16.8 Å². The molecule has 0 fully saturated rings. The minimum Gasteiger partial charge on any atom is -0.497 e. The van der Waals surface area contributed by atoms with Gasteiger partial charge in [-0.05, 0) is 36.0 Å². The van der Waals surface area contributed by atoms with Gasteiger partial charge in [-0.15, -0.1) is 5.10 Å². The molecule has 0 saturated heterocycles. The summed E-state index contributed by atoms with van der Waals surface area (Å²) < 4.78 is 7.03. The van der Waals surface area contributed by atoms with Crippen LogP contribution in [0.25, 0.3) is 11.4 Å². The number of methoxy groups -OCH3 is 1. The first-order valence-corrected chi connectivity index (χ1v) is 7.22. The van der Waals surface area contributed by atoms with Gasteiger partial charge in [0.05, 0.1) is 24.3 Å². The van der Waals surface area contributed by atoms with Gasteiger partial charge in [0.25, 0.3) is 5.82 Å². The molecule has 0 radical (unpaired) electrons. The average molecular weight is 306 g/mol. The third-order valence-corrected chi connectivity index (χ3v) is 3.72. The Morgan fingerprint density at radius 3 is 2.81 bits per heavy atom. The van der Waals surface area contributed by atoms with Gasteiger partial charge in [0.15, 0.2) is 0 Å². The van der Waals surface area contributed by atoms with Crippen molar-refractivity contribution >= 4 is 17.7 Å². The van der Waals surface area contributed by atoms with Crippen LogP contribution in [0.2, 0.25) is 0 Å². The van der Waals surface area contributed by atoms with Crippen LogP contribution >= 0.6 is 11.8 Å². The van der Waals surface area contributed by atoms with Crippen LogP contribution in [0.3, 0.4) is 0 Å². The first-order chi connectivity index (χ1) is 10.2. The highest BCUT2D eigenvalue weighted by Gasteiger charge is 2.21. The molecule has 1 aromatic heterocycles. The number of carboxylic acid groups (broad SMARTS) is 1. The summed E-state index contributed by atoms with van der Waals surface area (Å²) in [5.41, 5.74) is 0.937. The van der Waals surface area contributed by atoms with E-state index in [0.717, 1.165) is 17.1 Å². The molecule has 1 heterocycles. The number of hydrogen-bond donors (Lipinski definition) is 2. The number of aromatic amines is 1. The molecule has 1 aromatic carbocycles. The SMILES string of the molecule is C=CC[n+]1c(SCC(=O)O)n[nH]c1-c1ccc(OC)cc1. The second kappa shape index (κ2) is 6.94. The Hall–Kier alpha value is -2.28. The number of thioether (sulfide) groups is 1. The largest absolute Gasteiger partial charge is 0.497 e. The highest BCUT2D eigenvalue weighted by atomic mass is 32.2. The quantitative estimate of drug-likeness (QED) is 0.463. The van der Waals surface area contributed by atoms with E-state index in [-0.39, 0.29) is 5.75 Å². The topological polar surface area (TPSA) is 79.1 Å². The van der Waals surface area contributed by atoms with Crippen LogP contribution in [0.5, 0.6) is 5.75 Å². The number of hydrogen-bond acceptors (Lipinski definition) is 4. The molecule has 0 aliphatic heterocycles. The number of nitrogens with one attached hydrogen (secondary N) is 1. The molecule has 0 bridgehead atoms. The number of rotatable bonds is 7. The predicted octanol–water partition coefficient (Wildman–Crippen LogP) is 1.74. The molecule has 0 aliphatic carbocycles. The molecule has 0 spiro atoms. The maximum absolute atomic E-state index is 10.7. The Morgan fingerprint density at radius 1 is 1.52 bits per heavy atom. The van der Waals surface area contributed by atoms with Crippen molar-refractivity contribution in [3.8, 4) is 17.1 Å². The van der Waals surface area contributed by atoms with Crippen molar-refractivity contribution < 1.29 is 19.2 Å². The lowest BCUT2D eigenvalue weighted by Crippen LogP contribution is -2.36. The zero-order valence-corrected chi connectivity index (χ0v) is 12.4. The lowest BCUT2D eigenvalue weighted by molar-refractivity contribution is -0.713. The zero-order valence-electron chi connectivity index (χ0n) is 11.6. The van der Waals surface area contributed by atoms with Crippen molar-refractivity contribution in [2.45, 2.75) is 11.7 Å². The number of aliphatic carboxylic acids is 1. The molecule has 6 nitrogen and oxygen atoms in total. The van der Waals surface area contributed by atoms with Gasteiger partial charge < -0.3 is 9.84 Å². The highest BCUT2D eigenvalue weighted by molar-refractivity contribution is 7.99. The summed E-state index contributed by atoms with van der Waals surface area (Å²) in [6.45, 7) is 4.27. The van der Waals surface area contributed by atoms with Gasteiger partial charge in [0.1, 0.15) is 11.5 Å². The van der Waals surface area contributed by atoms with Crippen LogP contribution < -0.4 is 9.30 Å². The normalized spacial score (nSPS) is 10.3. The van der Waals surface area contributed by atoms with Crippen molar-refractivity contribution in [1.82, 2.24) is 10.2 Å². The molecule has 21 heavy (non-hydrogen) atoms. The number of nitrogens with zero attached hydrogens (tertiary/aromatic N) is 2. The number of carboxylic acids is 1. The Balaban J connectivity index is 2.33. The van der Waals surface area contributed by atoms with Gasteiger partial charge in [-0.1, -0.05) is 12.7 Å². The number of aromatic nitrogens is 3. The van der Waals surface area contributed by atoms with Gasteiger partial charge in [-0.2, -0.15) is 0 Å². The summed E-state index contributed by atoms with van der Waals surface area (Å²) in [5, 5.41) is 16.5. The van der Waals surface area contributed by atoms with E-state index in [1.165, 1.54) is 11.8 Å². The molecule has 2 N–H and O–H groups in total. The standard InChI is InChI=1S/C14H15N3O3S/c1-3-8-17-13(10-4-6-11(20-2)7-5-10)15-16-14(17)21-9-12(18)19/h3-7H,1,8-9H2,2H3,(H,18,19)/p+1. The Kier molecular flexibility index (Phi) is 4.99. The maximum atomic E-state index is 10.7. The molecule has 110 valence electrons. The summed E-state index contributed by atoms with van der Waals surface area (Å²) in [7, 11) is 1.61. The maximum Gasteiger partial charge on any atom is 0.337 e. The molecule has 0 aliphatic rings. The van der Waals surface area contributed by atoms with Crippen LogP contribution in [0.15, 0.2) is 42.1 Å². The van der Waals surface area contributed by atoms with Crippen LogP contribution in [0, 0.1) is 0 Å². The summed E-state index contributed by atoms with van der Waals surface area (Å²) in [6, 6.07) is 7.55. The van der Waals surface area contributed by atoms with E-state index < -0.39 is 5.97 Å². The molecule has 2 aromatic rings. The second-order valence-corrected chi connectivity index (χ2v) is 5.11. The predicted molar refractivity (Wildman–Crippen MR) is 79.3 cm³/mol. The van der Waals surface area contributed by atoms with E-state index in [4.69, 9.17) is 9.84 Å². The summed E-state index contributed by atoms with van der Waals surface area (Å²) in [4.78, 5) is 10.7.